The van der Waals surface area contributed by atoms with Gasteiger partial charge in [0.25, 0.3) is 0 Å². The van der Waals surface area contributed by atoms with Crippen LogP contribution in [0.25, 0.3) is 5.69 Å². The fourth-order valence-corrected chi connectivity index (χ4v) is 3.15. The molecule has 22 heavy (non-hydrogen) atoms. The Morgan fingerprint density at radius 1 is 1.23 bits per heavy atom. The van der Waals surface area contributed by atoms with Gasteiger partial charge in [0, 0.05) is 12.0 Å². The Labute approximate surface area is 131 Å². The van der Waals surface area contributed by atoms with E-state index < -0.39 is 6.10 Å². The first-order valence-corrected chi connectivity index (χ1v) is 7.93. The van der Waals surface area contributed by atoms with Crippen LogP contribution < -0.4 is 5.73 Å². The van der Waals surface area contributed by atoms with Crippen LogP contribution in [0.15, 0.2) is 24.3 Å². The van der Waals surface area contributed by atoms with Gasteiger partial charge in [0.05, 0.1) is 11.8 Å². The van der Waals surface area contributed by atoms with Crippen LogP contribution in [0.2, 0.25) is 0 Å². The van der Waals surface area contributed by atoms with E-state index >= 15 is 0 Å². The van der Waals surface area contributed by atoms with Crippen molar-refractivity contribution in [2.24, 2.45) is 5.73 Å². The minimum atomic E-state index is -0.446. The molecule has 3 atom stereocenters. The molecule has 2 aromatic rings. The molecule has 1 aliphatic carbocycles. The molecular weight excluding hydrogens is 276 g/mol. The lowest BCUT2D eigenvalue weighted by Gasteiger charge is -2.12. The highest BCUT2D eigenvalue weighted by atomic mass is 16.3. The highest BCUT2D eigenvalue weighted by molar-refractivity contribution is 5.36. The Bertz CT molecular complexity index is 637. The molecule has 1 aliphatic rings. The summed E-state index contributed by atoms with van der Waals surface area (Å²) < 4.78 is 1.90. The number of aliphatic hydroxyl groups is 1. The van der Waals surface area contributed by atoms with Crippen molar-refractivity contribution in [3.63, 3.8) is 0 Å². The van der Waals surface area contributed by atoms with Crippen LogP contribution in [-0.4, -0.2) is 32.0 Å². The minimum absolute atomic E-state index is 0.163. The van der Waals surface area contributed by atoms with Gasteiger partial charge in [0.15, 0.2) is 0 Å². The number of rotatable bonds is 3. The number of nitrogens with two attached hydrogens (primary N) is 1. The summed E-state index contributed by atoms with van der Waals surface area (Å²) in [6.07, 6.45) is 0.964. The molecule has 3 N–H and O–H groups in total. The van der Waals surface area contributed by atoms with E-state index in [0.29, 0.717) is 12.3 Å². The maximum Gasteiger partial charge on any atom is 0.148 e. The Hall–Kier alpha value is -1.72. The van der Waals surface area contributed by atoms with Gasteiger partial charge in [-0.2, -0.15) is 5.10 Å². The summed E-state index contributed by atoms with van der Waals surface area (Å²) in [6, 6.07) is 8.27. The predicted octanol–water partition coefficient (Wildman–Crippen LogP) is 2.26. The van der Waals surface area contributed by atoms with Crippen LogP contribution in [-0.2, 0) is 0 Å². The molecule has 118 valence electrons. The van der Waals surface area contributed by atoms with E-state index in [0.717, 1.165) is 23.8 Å². The van der Waals surface area contributed by atoms with Crippen LogP contribution in [0, 0.1) is 6.92 Å². The standard InChI is InChI=1S/C17H24N4O/c1-10(2)12-4-6-14(7-5-12)21-17(19-11(3)20-21)13-8-15(18)16(22)9-13/h4-7,10,13,15-16,22H,8-9,18H2,1-3H3/t13-,15-,16-/m0/s1. The largest absolute Gasteiger partial charge is 0.391 e. The predicted molar refractivity (Wildman–Crippen MR) is 86.1 cm³/mol. The van der Waals surface area contributed by atoms with Crippen LogP contribution in [0.1, 0.15) is 55.7 Å². The third kappa shape index (κ3) is 2.78. The molecular formula is C17H24N4O. The molecule has 5 nitrogen and oxygen atoms in total. The van der Waals surface area contributed by atoms with Crippen molar-refractivity contribution in [1.82, 2.24) is 14.8 Å². The van der Waals surface area contributed by atoms with Crippen molar-refractivity contribution in [1.29, 1.82) is 0 Å². The molecule has 5 heteroatoms. The average Bonchev–Trinajstić information content (AvgIpc) is 3.02. The summed E-state index contributed by atoms with van der Waals surface area (Å²) in [4.78, 5) is 4.58. The molecule has 3 rings (SSSR count). The van der Waals surface area contributed by atoms with Gasteiger partial charge in [0.2, 0.25) is 0 Å². The van der Waals surface area contributed by atoms with Gasteiger partial charge in [-0.1, -0.05) is 26.0 Å². The van der Waals surface area contributed by atoms with Crippen molar-refractivity contribution >= 4 is 0 Å². The second-order valence-electron chi connectivity index (χ2n) is 6.57. The summed E-state index contributed by atoms with van der Waals surface area (Å²) in [6.45, 7) is 6.26. The molecule has 0 saturated heterocycles. The van der Waals surface area contributed by atoms with E-state index in [2.05, 4.69) is 48.2 Å². The maximum absolute atomic E-state index is 9.91. The fourth-order valence-electron chi connectivity index (χ4n) is 3.15. The number of aliphatic hydroxyl groups excluding tert-OH is 1. The first-order valence-electron chi connectivity index (χ1n) is 7.93. The van der Waals surface area contributed by atoms with Crippen LogP contribution in [0.4, 0.5) is 0 Å². The molecule has 1 aromatic heterocycles. The number of benzene rings is 1. The quantitative estimate of drug-likeness (QED) is 0.911. The normalized spacial score (nSPS) is 25.1. The molecule has 1 aromatic carbocycles. The zero-order valence-corrected chi connectivity index (χ0v) is 13.4. The average molecular weight is 300 g/mol. The molecule has 0 radical (unpaired) electrons. The number of hydrogen-bond acceptors (Lipinski definition) is 4. The zero-order valence-electron chi connectivity index (χ0n) is 13.4. The van der Waals surface area contributed by atoms with Crippen molar-refractivity contribution in [2.75, 3.05) is 0 Å². The Balaban J connectivity index is 1.94. The van der Waals surface area contributed by atoms with Crippen molar-refractivity contribution in [2.45, 2.75) is 57.6 Å². The molecule has 0 amide bonds. The monoisotopic (exact) mass is 300 g/mol. The summed E-state index contributed by atoms with van der Waals surface area (Å²) in [5.74, 6) is 2.32. The Morgan fingerprint density at radius 3 is 2.45 bits per heavy atom. The van der Waals surface area contributed by atoms with Gasteiger partial charge in [-0.25, -0.2) is 9.67 Å². The van der Waals surface area contributed by atoms with Crippen molar-refractivity contribution < 1.29 is 5.11 Å². The van der Waals surface area contributed by atoms with Crippen LogP contribution in [0.5, 0.6) is 0 Å². The molecule has 1 heterocycles. The first kappa shape index (κ1) is 15.2. The van der Waals surface area contributed by atoms with Gasteiger partial charge < -0.3 is 10.8 Å². The zero-order chi connectivity index (χ0) is 15.9. The maximum atomic E-state index is 9.91. The molecule has 0 aliphatic heterocycles. The van der Waals surface area contributed by atoms with E-state index in [1.807, 2.05) is 11.6 Å². The highest BCUT2D eigenvalue weighted by Crippen LogP contribution is 2.34. The highest BCUT2D eigenvalue weighted by Gasteiger charge is 2.34. The third-order valence-electron chi connectivity index (χ3n) is 4.48. The number of nitrogens with zero attached hydrogens (tertiary/aromatic N) is 3. The lowest BCUT2D eigenvalue weighted by atomic mass is 10.0. The SMILES string of the molecule is Cc1nc([C@H]2C[C@H](N)[C@@H](O)C2)n(-c2ccc(C(C)C)cc2)n1. The van der Waals surface area contributed by atoms with Gasteiger partial charge in [-0.05, 0) is 43.4 Å². The van der Waals surface area contributed by atoms with Gasteiger partial charge in [0.1, 0.15) is 11.6 Å². The van der Waals surface area contributed by atoms with Crippen molar-refractivity contribution in [3.8, 4) is 5.69 Å². The minimum Gasteiger partial charge on any atom is -0.391 e. The summed E-state index contributed by atoms with van der Waals surface area (Å²) in [7, 11) is 0. The second-order valence-corrected chi connectivity index (χ2v) is 6.57. The lowest BCUT2D eigenvalue weighted by Crippen LogP contribution is -2.28. The van der Waals surface area contributed by atoms with Crippen LogP contribution in [0.3, 0.4) is 0 Å². The second kappa shape index (κ2) is 5.82. The van der Waals surface area contributed by atoms with Crippen LogP contribution >= 0.6 is 0 Å². The van der Waals surface area contributed by atoms with Gasteiger partial charge in [-0.15, -0.1) is 0 Å². The topological polar surface area (TPSA) is 77.0 Å². The summed E-state index contributed by atoms with van der Waals surface area (Å²) in [5.41, 5.74) is 8.26. The van der Waals surface area contributed by atoms with Gasteiger partial charge >= 0.3 is 0 Å². The Morgan fingerprint density at radius 2 is 1.91 bits per heavy atom. The molecule has 0 unspecified atom stereocenters. The van der Waals surface area contributed by atoms with Crippen molar-refractivity contribution in [3.05, 3.63) is 41.5 Å². The first-order chi connectivity index (χ1) is 10.5. The van der Waals surface area contributed by atoms with E-state index in [4.69, 9.17) is 5.73 Å². The number of hydrogen-bond donors (Lipinski definition) is 2. The number of aromatic nitrogens is 3. The fraction of sp³-hybridized carbons (Fsp3) is 0.529. The van der Waals surface area contributed by atoms with E-state index in [-0.39, 0.29) is 12.0 Å². The van der Waals surface area contributed by atoms with E-state index in [1.165, 1.54) is 5.56 Å². The Kier molecular flexibility index (Phi) is 4.02. The molecule has 1 saturated carbocycles. The van der Waals surface area contributed by atoms with E-state index in [9.17, 15) is 5.11 Å². The van der Waals surface area contributed by atoms with E-state index in [1.54, 1.807) is 0 Å². The smallest absolute Gasteiger partial charge is 0.148 e. The summed E-state index contributed by atoms with van der Waals surface area (Å²) >= 11 is 0. The number of aryl methyl sites for hydroxylation is 1. The van der Waals surface area contributed by atoms with Gasteiger partial charge in [-0.3, -0.25) is 0 Å². The molecule has 1 fully saturated rings. The molecule has 0 bridgehead atoms. The summed E-state index contributed by atoms with van der Waals surface area (Å²) in [5, 5.41) is 14.4. The lowest BCUT2D eigenvalue weighted by molar-refractivity contribution is 0.163. The molecule has 0 spiro atoms. The third-order valence-corrected chi connectivity index (χ3v) is 4.48.